The Hall–Kier alpha value is -5.01. The van der Waals surface area contributed by atoms with Crippen LogP contribution in [0.3, 0.4) is 0 Å². The lowest BCUT2D eigenvalue weighted by Gasteiger charge is -2.22. The summed E-state index contributed by atoms with van der Waals surface area (Å²) in [6.45, 7) is 0.0714. The summed E-state index contributed by atoms with van der Waals surface area (Å²) in [6, 6.07) is 24.1. The Balaban J connectivity index is 1.22. The first kappa shape index (κ1) is 31.0. The molecule has 1 N–H and O–H groups in total. The average molecular weight is 657 g/mol. The number of ether oxygens (including phenoxy) is 2. The van der Waals surface area contributed by atoms with Crippen LogP contribution in [0, 0.1) is 5.82 Å². The Bertz CT molecular complexity index is 1840. The van der Waals surface area contributed by atoms with Gasteiger partial charge in [-0.15, -0.1) is 21.5 Å². The van der Waals surface area contributed by atoms with E-state index in [2.05, 4.69) is 15.5 Å². The Kier molecular flexibility index (Phi) is 9.41. The number of hydrazone groups is 1. The van der Waals surface area contributed by atoms with E-state index < -0.39 is 0 Å². The Morgan fingerprint density at radius 2 is 1.72 bits per heavy atom. The van der Waals surface area contributed by atoms with Crippen molar-refractivity contribution in [3.8, 4) is 17.2 Å². The number of nitrogens with one attached hydrogen (secondary N) is 1. The molecule has 234 valence electrons. The summed E-state index contributed by atoms with van der Waals surface area (Å²) in [5.74, 6) is 0.580. The molecule has 6 rings (SSSR count). The highest BCUT2D eigenvalue weighted by Crippen LogP contribution is 2.35. The van der Waals surface area contributed by atoms with Crippen LogP contribution in [0.2, 0.25) is 0 Å². The Morgan fingerprint density at radius 3 is 2.39 bits per heavy atom. The largest absolute Gasteiger partial charge is 0.497 e. The number of methoxy groups -OCH3 is 2. The first-order chi connectivity index (χ1) is 22.4. The molecule has 0 spiro atoms. The second-order valence-electron chi connectivity index (χ2n) is 10.2. The van der Waals surface area contributed by atoms with Crippen LogP contribution >= 0.6 is 23.1 Å². The number of aromatic nitrogens is 3. The molecule has 1 atom stereocenters. The van der Waals surface area contributed by atoms with Crippen LogP contribution < -0.4 is 14.8 Å². The van der Waals surface area contributed by atoms with Crippen molar-refractivity contribution >= 4 is 40.6 Å². The Morgan fingerprint density at radius 1 is 0.978 bits per heavy atom. The highest BCUT2D eigenvalue weighted by molar-refractivity contribution is 7.99. The molecule has 13 heteroatoms. The van der Waals surface area contributed by atoms with Crippen LogP contribution in [-0.2, 0) is 11.3 Å². The van der Waals surface area contributed by atoms with Gasteiger partial charge in [0, 0.05) is 23.7 Å². The molecule has 46 heavy (non-hydrogen) atoms. The molecule has 0 saturated heterocycles. The average Bonchev–Trinajstić information content (AvgIpc) is 3.87. The first-order valence-corrected chi connectivity index (χ1v) is 16.1. The molecular weight excluding hydrogens is 628 g/mol. The normalized spacial score (nSPS) is 14.2. The predicted molar refractivity (Wildman–Crippen MR) is 174 cm³/mol. The number of thioether (sulfide) groups is 1. The lowest BCUT2D eigenvalue weighted by Crippen LogP contribution is -2.28. The maximum absolute atomic E-state index is 13.7. The summed E-state index contributed by atoms with van der Waals surface area (Å²) in [5, 5.41) is 20.3. The fourth-order valence-corrected chi connectivity index (χ4v) is 6.56. The van der Waals surface area contributed by atoms with E-state index in [1.165, 1.54) is 43.1 Å². The van der Waals surface area contributed by atoms with Gasteiger partial charge in [-0.3, -0.25) is 14.2 Å². The molecule has 1 aliphatic heterocycles. The van der Waals surface area contributed by atoms with Crippen molar-refractivity contribution in [2.24, 2.45) is 5.10 Å². The lowest BCUT2D eigenvalue weighted by atomic mass is 10.0. The summed E-state index contributed by atoms with van der Waals surface area (Å²) in [6.07, 6.45) is 0.520. The predicted octanol–water partition coefficient (Wildman–Crippen LogP) is 5.89. The molecule has 3 heterocycles. The second kappa shape index (κ2) is 14.0. The number of hydrogen-bond acceptors (Lipinski definition) is 9. The number of hydrogen-bond donors (Lipinski definition) is 1. The number of carbonyl (C=O) groups is 2. The van der Waals surface area contributed by atoms with Gasteiger partial charge in [-0.05, 0) is 53.4 Å². The van der Waals surface area contributed by atoms with E-state index >= 15 is 0 Å². The highest BCUT2D eigenvalue weighted by Gasteiger charge is 2.33. The van der Waals surface area contributed by atoms with Crippen LogP contribution in [0.15, 0.2) is 101 Å². The zero-order valence-electron chi connectivity index (χ0n) is 24.9. The number of nitrogens with zero attached hydrogens (tertiary/aromatic N) is 5. The van der Waals surface area contributed by atoms with E-state index in [0.717, 1.165) is 21.8 Å². The monoisotopic (exact) mass is 656 g/mol. The Labute approximate surface area is 272 Å². The molecule has 0 radical (unpaired) electrons. The first-order valence-electron chi connectivity index (χ1n) is 14.3. The van der Waals surface area contributed by atoms with Gasteiger partial charge in [0.25, 0.3) is 11.8 Å². The van der Waals surface area contributed by atoms with Crippen molar-refractivity contribution in [1.29, 1.82) is 0 Å². The van der Waals surface area contributed by atoms with Gasteiger partial charge in [0.2, 0.25) is 0 Å². The third-order valence-corrected chi connectivity index (χ3v) is 9.12. The number of para-hydroxylation sites is 1. The molecular formula is C33H29FN6O4S2. The van der Waals surface area contributed by atoms with Crippen LogP contribution in [0.5, 0.6) is 11.5 Å². The van der Waals surface area contributed by atoms with Crippen molar-refractivity contribution in [3.05, 3.63) is 118 Å². The molecule has 0 aliphatic carbocycles. The van der Waals surface area contributed by atoms with Gasteiger partial charge in [0.1, 0.15) is 17.3 Å². The zero-order valence-corrected chi connectivity index (χ0v) is 26.6. The molecule has 1 aliphatic rings. The minimum absolute atomic E-state index is 0.0276. The van der Waals surface area contributed by atoms with Gasteiger partial charge in [0.15, 0.2) is 11.0 Å². The van der Waals surface area contributed by atoms with Crippen molar-refractivity contribution in [2.45, 2.75) is 24.2 Å². The van der Waals surface area contributed by atoms with Gasteiger partial charge in [-0.2, -0.15) is 5.10 Å². The number of carbonyl (C=O) groups excluding carboxylic acids is 2. The van der Waals surface area contributed by atoms with Crippen molar-refractivity contribution in [1.82, 2.24) is 25.1 Å². The van der Waals surface area contributed by atoms with Gasteiger partial charge < -0.3 is 14.8 Å². The van der Waals surface area contributed by atoms with Gasteiger partial charge in [0.05, 0.1) is 43.1 Å². The lowest BCUT2D eigenvalue weighted by molar-refractivity contribution is -0.130. The molecule has 3 aromatic carbocycles. The van der Waals surface area contributed by atoms with Crippen molar-refractivity contribution in [3.63, 3.8) is 0 Å². The van der Waals surface area contributed by atoms with Crippen LogP contribution in [0.1, 0.15) is 39.1 Å². The second-order valence-corrected chi connectivity index (χ2v) is 12.1. The topological polar surface area (TPSA) is 111 Å². The van der Waals surface area contributed by atoms with E-state index in [-0.39, 0.29) is 36.0 Å². The number of amides is 2. The van der Waals surface area contributed by atoms with E-state index in [0.29, 0.717) is 34.5 Å². The van der Waals surface area contributed by atoms with E-state index in [1.807, 2.05) is 52.4 Å². The highest BCUT2D eigenvalue weighted by atomic mass is 32.2. The molecule has 10 nitrogen and oxygen atoms in total. The van der Waals surface area contributed by atoms with Crippen molar-refractivity contribution in [2.75, 3.05) is 20.0 Å². The molecule has 5 aromatic rings. The molecule has 0 unspecified atom stereocenters. The van der Waals surface area contributed by atoms with Crippen LogP contribution in [-0.4, -0.2) is 57.3 Å². The van der Waals surface area contributed by atoms with Gasteiger partial charge in [-0.25, -0.2) is 9.40 Å². The third kappa shape index (κ3) is 6.80. The minimum atomic E-state index is -0.362. The summed E-state index contributed by atoms with van der Waals surface area (Å²) in [7, 11) is 3.04. The molecule has 0 fully saturated rings. The fourth-order valence-electron chi connectivity index (χ4n) is 5.01. The summed E-state index contributed by atoms with van der Waals surface area (Å²) in [5.41, 5.74) is 2.75. The van der Waals surface area contributed by atoms with E-state index in [1.54, 1.807) is 41.7 Å². The number of halogens is 1. The minimum Gasteiger partial charge on any atom is -0.497 e. The maximum Gasteiger partial charge on any atom is 0.253 e. The number of rotatable bonds is 11. The SMILES string of the molecule is COc1cc(OC)cc(C(=O)NCc2nnc(SCC(=O)N3N=C(c4cccs4)C[C@@H]3c3ccc(F)cc3)n2-c2ccccc2)c1. The van der Waals surface area contributed by atoms with Crippen LogP contribution in [0.4, 0.5) is 4.39 Å². The van der Waals surface area contributed by atoms with Gasteiger partial charge >= 0.3 is 0 Å². The molecule has 2 amide bonds. The van der Waals surface area contributed by atoms with E-state index in [4.69, 9.17) is 14.6 Å². The molecule has 0 saturated carbocycles. The fraction of sp³-hybridized carbons (Fsp3) is 0.182. The quantitative estimate of drug-likeness (QED) is 0.177. The number of thiophene rings is 1. The zero-order chi connectivity index (χ0) is 32.0. The van der Waals surface area contributed by atoms with Crippen LogP contribution in [0.25, 0.3) is 5.69 Å². The molecule has 0 bridgehead atoms. The van der Waals surface area contributed by atoms with Gasteiger partial charge in [-0.1, -0.05) is 48.2 Å². The molecule has 2 aromatic heterocycles. The smallest absolute Gasteiger partial charge is 0.253 e. The third-order valence-electron chi connectivity index (χ3n) is 7.29. The summed E-state index contributed by atoms with van der Waals surface area (Å²) >= 11 is 2.78. The summed E-state index contributed by atoms with van der Waals surface area (Å²) in [4.78, 5) is 27.8. The van der Waals surface area contributed by atoms with E-state index in [9.17, 15) is 14.0 Å². The van der Waals surface area contributed by atoms with Crippen molar-refractivity contribution < 1.29 is 23.5 Å². The summed E-state index contributed by atoms with van der Waals surface area (Å²) < 4.78 is 26.1. The maximum atomic E-state index is 13.7. The standard InChI is InChI=1S/C33H29FN6O4S2/c1-43-25-15-22(16-26(17-25)44-2)32(42)35-19-30-36-37-33(39(30)24-7-4-3-5-8-24)46-20-31(41)40-28(21-10-12-23(34)13-11-21)18-27(38-40)29-9-6-14-45-29/h3-17,28H,18-20H2,1-2H3,(H,35,42)/t28-/m1/s1. The number of benzene rings is 3.